The second-order valence-electron chi connectivity index (χ2n) is 8.62. The van der Waals surface area contributed by atoms with Gasteiger partial charge in [0.05, 0.1) is 24.5 Å². The monoisotopic (exact) mass is 429 g/mol. The molecule has 1 aromatic carbocycles. The van der Waals surface area contributed by atoms with Crippen LogP contribution in [0.2, 0.25) is 0 Å². The Morgan fingerprint density at radius 2 is 1.65 bits per heavy atom. The van der Waals surface area contributed by atoms with E-state index in [1.165, 1.54) is 12.1 Å². The summed E-state index contributed by atoms with van der Waals surface area (Å²) in [6.45, 7) is 10.6. The number of aromatic nitrogens is 1. The smallest absolute Gasteiger partial charge is 0.123 e. The topological polar surface area (TPSA) is 62.6 Å². The molecule has 0 spiro atoms. The first-order valence-corrected chi connectivity index (χ1v) is 11.0. The van der Waals surface area contributed by atoms with Gasteiger partial charge in [0.25, 0.3) is 0 Å². The minimum atomic E-state index is -0.772. The average Bonchev–Trinajstić information content (AvgIpc) is 2.72. The minimum absolute atomic E-state index is 0.145. The Morgan fingerprint density at radius 3 is 2.16 bits per heavy atom. The van der Waals surface area contributed by atoms with Crippen molar-refractivity contribution in [2.45, 2.75) is 78.1 Å². The maximum absolute atomic E-state index is 13.7. The largest absolute Gasteiger partial charge is 0.393 e. The second-order valence-corrected chi connectivity index (χ2v) is 8.62. The zero-order chi connectivity index (χ0) is 23.1. The molecule has 5 heteroatoms. The van der Waals surface area contributed by atoms with Crippen molar-refractivity contribution in [2.75, 3.05) is 7.11 Å². The number of nitrogens with zero attached hydrogens (tertiary/aromatic N) is 1. The molecule has 0 aliphatic carbocycles. The molecule has 0 saturated heterocycles. The van der Waals surface area contributed by atoms with Gasteiger partial charge in [-0.25, -0.2) is 4.39 Å². The minimum Gasteiger partial charge on any atom is -0.393 e. The Labute approximate surface area is 185 Å². The summed E-state index contributed by atoms with van der Waals surface area (Å²) >= 11 is 0. The maximum atomic E-state index is 13.7. The number of methoxy groups -OCH3 is 1. The Hall–Kier alpha value is -2.08. The van der Waals surface area contributed by atoms with Crippen molar-refractivity contribution in [1.82, 2.24) is 4.98 Å². The molecule has 0 aliphatic heterocycles. The van der Waals surface area contributed by atoms with Crippen LogP contribution in [-0.2, 0) is 11.3 Å². The van der Waals surface area contributed by atoms with Crippen molar-refractivity contribution in [3.8, 4) is 11.1 Å². The number of benzene rings is 1. The molecule has 0 aliphatic rings. The molecule has 2 rings (SSSR count). The van der Waals surface area contributed by atoms with Crippen molar-refractivity contribution in [3.05, 3.63) is 58.7 Å². The summed E-state index contributed by atoms with van der Waals surface area (Å²) in [5.74, 6) is 0.0387. The van der Waals surface area contributed by atoms with Gasteiger partial charge in [-0.15, -0.1) is 0 Å². The third-order valence-corrected chi connectivity index (χ3v) is 5.38. The fraction of sp³-hybridized carbons (Fsp3) is 0.500. The van der Waals surface area contributed by atoms with E-state index in [0.29, 0.717) is 13.0 Å². The lowest BCUT2D eigenvalue weighted by molar-refractivity contribution is 0.102. The normalized spacial score (nSPS) is 14.0. The van der Waals surface area contributed by atoms with Crippen molar-refractivity contribution in [3.63, 3.8) is 0 Å². The molecule has 0 radical (unpaired) electrons. The Kier molecular flexibility index (Phi) is 9.35. The van der Waals surface area contributed by atoms with Gasteiger partial charge in [-0.05, 0) is 41.5 Å². The van der Waals surface area contributed by atoms with Crippen LogP contribution < -0.4 is 0 Å². The van der Waals surface area contributed by atoms with Gasteiger partial charge in [0.15, 0.2) is 0 Å². The lowest BCUT2D eigenvalue weighted by Crippen LogP contribution is -2.15. The number of ether oxygens (including phenoxy) is 1. The van der Waals surface area contributed by atoms with Crippen LogP contribution in [0, 0.1) is 5.82 Å². The van der Waals surface area contributed by atoms with Gasteiger partial charge in [-0.2, -0.15) is 0 Å². The number of rotatable bonds is 10. The highest BCUT2D eigenvalue weighted by atomic mass is 19.1. The molecule has 0 saturated carbocycles. The van der Waals surface area contributed by atoms with E-state index in [1.807, 2.05) is 13.0 Å². The van der Waals surface area contributed by atoms with Crippen molar-refractivity contribution >= 4 is 6.08 Å². The Balaban J connectivity index is 2.77. The van der Waals surface area contributed by atoms with Crippen molar-refractivity contribution in [2.24, 2.45) is 0 Å². The Bertz CT molecular complexity index is 875. The molecule has 1 heterocycles. The molecule has 0 unspecified atom stereocenters. The van der Waals surface area contributed by atoms with E-state index >= 15 is 0 Å². The molecule has 1 aromatic heterocycles. The van der Waals surface area contributed by atoms with E-state index in [-0.39, 0.29) is 24.1 Å². The third kappa shape index (κ3) is 6.45. The van der Waals surface area contributed by atoms with Crippen LogP contribution in [0.15, 0.2) is 30.3 Å². The molecule has 4 nitrogen and oxygen atoms in total. The van der Waals surface area contributed by atoms with Crippen LogP contribution in [0.5, 0.6) is 0 Å². The lowest BCUT2D eigenvalue weighted by atomic mass is 9.87. The fourth-order valence-corrected chi connectivity index (χ4v) is 3.73. The first-order chi connectivity index (χ1) is 14.7. The predicted octanol–water partition coefficient (Wildman–Crippen LogP) is 5.82. The molecular formula is C26H36FNO3. The number of aliphatic hydroxyl groups excluding tert-OH is 2. The molecule has 0 fully saturated rings. The molecule has 2 atom stereocenters. The highest BCUT2D eigenvalue weighted by Gasteiger charge is 2.23. The third-order valence-electron chi connectivity index (χ3n) is 5.38. The SMILES string of the molecule is CC[C@@H](O)C[C@H](O)C=Cc1c(C(C)C)nc(C(C)C)c(COC)c1-c1ccc(F)cc1. The molecule has 170 valence electrons. The van der Waals surface area contributed by atoms with Crippen LogP contribution in [0.3, 0.4) is 0 Å². The number of pyridine rings is 1. The molecule has 2 aromatic rings. The zero-order valence-electron chi connectivity index (χ0n) is 19.5. The van der Waals surface area contributed by atoms with Gasteiger partial charge >= 0.3 is 0 Å². The predicted molar refractivity (Wildman–Crippen MR) is 124 cm³/mol. The van der Waals surface area contributed by atoms with E-state index in [1.54, 1.807) is 25.3 Å². The van der Waals surface area contributed by atoms with Crippen molar-refractivity contribution < 1.29 is 19.3 Å². The van der Waals surface area contributed by atoms with E-state index in [0.717, 1.165) is 33.6 Å². The maximum Gasteiger partial charge on any atom is 0.123 e. The quantitative estimate of drug-likeness (QED) is 0.500. The fourth-order valence-electron chi connectivity index (χ4n) is 3.73. The van der Waals surface area contributed by atoms with Gasteiger partial charge in [0.2, 0.25) is 0 Å². The molecule has 2 N–H and O–H groups in total. The van der Waals surface area contributed by atoms with E-state index in [2.05, 4.69) is 27.7 Å². The highest BCUT2D eigenvalue weighted by molar-refractivity contribution is 5.80. The van der Waals surface area contributed by atoms with Gasteiger partial charge in [0.1, 0.15) is 5.82 Å². The summed E-state index contributed by atoms with van der Waals surface area (Å²) in [4.78, 5) is 5.01. The lowest BCUT2D eigenvalue weighted by Gasteiger charge is -2.23. The standard InChI is InChI=1S/C26H36FNO3/c1-7-20(29)14-21(30)12-13-22-24(18-8-10-19(27)11-9-18)23(15-31-6)26(17(4)5)28-25(22)16(2)3/h8-13,16-17,20-21,29-30H,7,14-15H2,1-6H3/t20-,21-/m1/s1. The molecule has 0 amide bonds. The first kappa shape index (κ1) is 25.2. The van der Waals surface area contributed by atoms with E-state index in [9.17, 15) is 14.6 Å². The Morgan fingerprint density at radius 1 is 1.03 bits per heavy atom. The molecular weight excluding hydrogens is 393 g/mol. The summed E-state index contributed by atoms with van der Waals surface area (Å²) < 4.78 is 19.2. The van der Waals surface area contributed by atoms with Crippen LogP contribution >= 0.6 is 0 Å². The number of halogens is 1. The zero-order valence-corrected chi connectivity index (χ0v) is 19.5. The number of hydrogen-bond donors (Lipinski definition) is 2. The van der Waals surface area contributed by atoms with E-state index < -0.39 is 12.2 Å². The second kappa shape index (κ2) is 11.5. The molecule has 31 heavy (non-hydrogen) atoms. The van der Waals surface area contributed by atoms with Gasteiger partial charge in [-0.1, -0.05) is 58.9 Å². The summed E-state index contributed by atoms with van der Waals surface area (Å²) in [6, 6.07) is 6.45. The summed E-state index contributed by atoms with van der Waals surface area (Å²) in [5, 5.41) is 20.3. The van der Waals surface area contributed by atoms with Crippen molar-refractivity contribution in [1.29, 1.82) is 0 Å². The highest BCUT2D eigenvalue weighted by Crippen LogP contribution is 2.37. The first-order valence-electron chi connectivity index (χ1n) is 11.0. The van der Waals surface area contributed by atoms with Crippen LogP contribution in [-0.4, -0.2) is 34.5 Å². The number of aliphatic hydroxyl groups is 2. The summed E-state index contributed by atoms with van der Waals surface area (Å²) in [5.41, 5.74) is 5.57. The van der Waals surface area contributed by atoms with Crippen LogP contribution in [0.1, 0.15) is 81.8 Å². The number of hydrogen-bond acceptors (Lipinski definition) is 4. The summed E-state index contributed by atoms with van der Waals surface area (Å²) in [6.07, 6.45) is 3.14. The van der Waals surface area contributed by atoms with Crippen LogP contribution in [0.4, 0.5) is 4.39 Å². The van der Waals surface area contributed by atoms with Crippen LogP contribution in [0.25, 0.3) is 17.2 Å². The van der Waals surface area contributed by atoms with E-state index in [4.69, 9.17) is 9.72 Å². The average molecular weight is 430 g/mol. The summed E-state index contributed by atoms with van der Waals surface area (Å²) in [7, 11) is 1.65. The van der Waals surface area contributed by atoms with Gasteiger partial charge in [-0.3, -0.25) is 4.98 Å². The van der Waals surface area contributed by atoms with Gasteiger partial charge in [0, 0.05) is 30.4 Å². The molecule has 0 bridgehead atoms. The van der Waals surface area contributed by atoms with Gasteiger partial charge < -0.3 is 14.9 Å².